The van der Waals surface area contributed by atoms with Crippen molar-refractivity contribution in [2.24, 2.45) is 0 Å². The largest absolute Gasteiger partial charge is 0.348 e. The second-order valence-corrected chi connectivity index (χ2v) is 5.04. The molecule has 17 heavy (non-hydrogen) atoms. The van der Waals surface area contributed by atoms with Gasteiger partial charge in [0.2, 0.25) is 0 Å². The molecule has 0 aromatic heterocycles. The molecule has 1 aromatic rings. The van der Waals surface area contributed by atoms with E-state index in [9.17, 15) is 4.79 Å². The predicted octanol–water partition coefficient (Wildman–Crippen LogP) is 2.27. The van der Waals surface area contributed by atoms with Crippen LogP contribution in [-0.4, -0.2) is 25.0 Å². The van der Waals surface area contributed by atoms with Gasteiger partial charge in [-0.05, 0) is 37.6 Å². The molecule has 1 aromatic carbocycles. The van der Waals surface area contributed by atoms with Crippen LogP contribution in [0.3, 0.4) is 0 Å². The summed E-state index contributed by atoms with van der Waals surface area (Å²) in [6.45, 7) is 3.81. The molecular weight excluding hydrogens is 304 g/mol. The van der Waals surface area contributed by atoms with E-state index in [-0.39, 0.29) is 24.4 Å². The zero-order valence-corrected chi connectivity index (χ0v) is 12.0. The molecule has 0 spiro atoms. The molecule has 1 fully saturated rings. The molecular formula is C12H16BrClN2O. The lowest BCUT2D eigenvalue weighted by Gasteiger charge is -2.12. The summed E-state index contributed by atoms with van der Waals surface area (Å²) in [6.07, 6.45) is 1.01. The van der Waals surface area contributed by atoms with E-state index >= 15 is 0 Å². The fourth-order valence-electron chi connectivity index (χ4n) is 1.88. The summed E-state index contributed by atoms with van der Waals surface area (Å²) in [6, 6.07) is 6.04. The summed E-state index contributed by atoms with van der Waals surface area (Å²) < 4.78 is 0.938. The van der Waals surface area contributed by atoms with Crippen molar-refractivity contribution in [3.63, 3.8) is 0 Å². The number of aryl methyl sites for hydroxylation is 1. The van der Waals surface area contributed by atoms with Crippen LogP contribution in [0.1, 0.15) is 22.3 Å². The number of nitrogens with one attached hydrogen (secondary N) is 2. The number of rotatable bonds is 2. The maximum absolute atomic E-state index is 12.0. The number of benzene rings is 1. The van der Waals surface area contributed by atoms with Gasteiger partial charge in [-0.15, -0.1) is 12.4 Å². The molecule has 1 unspecified atom stereocenters. The third-order valence-electron chi connectivity index (χ3n) is 2.84. The third kappa shape index (κ3) is 3.69. The molecule has 1 heterocycles. The summed E-state index contributed by atoms with van der Waals surface area (Å²) in [4.78, 5) is 12.0. The van der Waals surface area contributed by atoms with Crippen molar-refractivity contribution in [3.05, 3.63) is 33.8 Å². The predicted molar refractivity (Wildman–Crippen MR) is 74.9 cm³/mol. The SMILES string of the molecule is Cc1ccc(Br)cc1C(=O)NC1CCNC1.Cl. The number of halogens is 2. The molecule has 0 aliphatic carbocycles. The molecule has 1 saturated heterocycles. The van der Waals surface area contributed by atoms with Crippen LogP contribution >= 0.6 is 28.3 Å². The fourth-order valence-corrected chi connectivity index (χ4v) is 2.24. The van der Waals surface area contributed by atoms with Gasteiger partial charge in [-0.25, -0.2) is 0 Å². The first-order valence-electron chi connectivity index (χ1n) is 5.44. The van der Waals surface area contributed by atoms with Crippen molar-refractivity contribution in [2.75, 3.05) is 13.1 Å². The van der Waals surface area contributed by atoms with Crippen LogP contribution in [-0.2, 0) is 0 Å². The molecule has 5 heteroatoms. The highest BCUT2D eigenvalue weighted by Gasteiger charge is 2.18. The normalized spacial score (nSPS) is 18.6. The van der Waals surface area contributed by atoms with Gasteiger partial charge in [0.25, 0.3) is 5.91 Å². The topological polar surface area (TPSA) is 41.1 Å². The van der Waals surface area contributed by atoms with Crippen LogP contribution in [0.25, 0.3) is 0 Å². The molecule has 0 bridgehead atoms. The summed E-state index contributed by atoms with van der Waals surface area (Å²) >= 11 is 3.38. The Labute approximate surface area is 116 Å². The number of amides is 1. The van der Waals surface area contributed by atoms with E-state index in [0.29, 0.717) is 0 Å². The van der Waals surface area contributed by atoms with Crippen molar-refractivity contribution in [1.29, 1.82) is 0 Å². The average molecular weight is 320 g/mol. The van der Waals surface area contributed by atoms with Gasteiger partial charge in [-0.2, -0.15) is 0 Å². The Balaban J connectivity index is 0.00000144. The smallest absolute Gasteiger partial charge is 0.251 e. The number of hydrogen-bond donors (Lipinski definition) is 2. The van der Waals surface area contributed by atoms with Gasteiger partial charge in [-0.3, -0.25) is 4.79 Å². The van der Waals surface area contributed by atoms with Crippen LogP contribution in [0.5, 0.6) is 0 Å². The van der Waals surface area contributed by atoms with Crippen molar-refractivity contribution in [3.8, 4) is 0 Å². The van der Waals surface area contributed by atoms with E-state index < -0.39 is 0 Å². The monoisotopic (exact) mass is 318 g/mol. The second kappa shape index (κ2) is 6.38. The standard InChI is InChI=1S/C12H15BrN2O.ClH/c1-8-2-3-9(13)6-11(8)12(16)15-10-4-5-14-7-10;/h2-3,6,10,14H,4-5,7H2,1H3,(H,15,16);1H. The zero-order chi connectivity index (χ0) is 11.5. The van der Waals surface area contributed by atoms with Crippen LogP contribution in [0.15, 0.2) is 22.7 Å². The van der Waals surface area contributed by atoms with Crippen LogP contribution in [0, 0.1) is 6.92 Å². The van der Waals surface area contributed by atoms with E-state index in [2.05, 4.69) is 26.6 Å². The molecule has 1 atom stereocenters. The maximum Gasteiger partial charge on any atom is 0.251 e. The van der Waals surface area contributed by atoms with Crippen molar-refractivity contribution < 1.29 is 4.79 Å². The summed E-state index contributed by atoms with van der Waals surface area (Å²) in [7, 11) is 0. The molecule has 0 radical (unpaired) electrons. The summed E-state index contributed by atoms with van der Waals surface area (Å²) in [5, 5.41) is 6.27. The van der Waals surface area contributed by atoms with Gasteiger partial charge in [0, 0.05) is 22.6 Å². The van der Waals surface area contributed by atoms with Crippen LogP contribution in [0.2, 0.25) is 0 Å². The third-order valence-corrected chi connectivity index (χ3v) is 3.33. The molecule has 2 N–H and O–H groups in total. The Bertz CT molecular complexity index is 405. The minimum atomic E-state index is 0. The van der Waals surface area contributed by atoms with Gasteiger partial charge in [0.1, 0.15) is 0 Å². The maximum atomic E-state index is 12.0. The van der Waals surface area contributed by atoms with E-state index in [1.165, 1.54) is 0 Å². The lowest BCUT2D eigenvalue weighted by atomic mass is 10.1. The summed E-state index contributed by atoms with van der Waals surface area (Å²) in [5.74, 6) is 0.0208. The van der Waals surface area contributed by atoms with E-state index in [1.54, 1.807) is 0 Å². The first kappa shape index (κ1) is 14.5. The highest BCUT2D eigenvalue weighted by atomic mass is 79.9. The second-order valence-electron chi connectivity index (χ2n) is 4.12. The van der Waals surface area contributed by atoms with Crippen molar-refractivity contribution >= 4 is 34.2 Å². The molecule has 1 amide bonds. The highest BCUT2D eigenvalue weighted by molar-refractivity contribution is 9.10. The highest BCUT2D eigenvalue weighted by Crippen LogP contribution is 2.16. The fraction of sp³-hybridized carbons (Fsp3) is 0.417. The molecule has 1 aliphatic heterocycles. The molecule has 0 saturated carbocycles. The lowest BCUT2D eigenvalue weighted by molar-refractivity contribution is 0.0939. The number of carbonyl (C=O) groups excluding carboxylic acids is 1. The number of hydrogen-bond acceptors (Lipinski definition) is 2. The molecule has 3 nitrogen and oxygen atoms in total. The zero-order valence-electron chi connectivity index (χ0n) is 9.63. The van der Waals surface area contributed by atoms with Crippen molar-refractivity contribution in [2.45, 2.75) is 19.4 Å². The Morgan fingerprint density at radius 3 is 2.94 bits per heavy atom. The van der Waals surface area contributed by atoms with Crippen LogP contribution in [0.4, 0.5) is 0 Å². The van der Waals surface area contributed by atoms with E-state index in [0.717, 1.165) is 35.1 Å². The Kier molecular flexibility index (Phi) is 5.43. The van der Waals surface area contributed by atoms with Crippen LogP contribution < -0.4 is 10.6 Å². The Morgan fingerprint density at radius 1 is 1.53 bits per heavy atom. The first-order valence-corrected chi connectivity index (χ1v) is 6.24. The van der Waals surface area contributed by atoms with Gasteiger partial charge in [0.15, 0.2) is 0 Å². The van der Waals surface area contributed by atoms with Gasteiger partial charge in [-0.1, -0.05) is 22.0 Å². The first-order chi connectivity index (χ1) is 7.66. The van der Waals surface area contributed by atoms with Crippen molar-refractivity contribution in [1.82, 2.24) is 10.6 Å². The van der Waals surface area contributed by atoms with Gasteiger partial charge >= 0.3 is 0 Å². The Morgan fingerprint density at radius 2 is 2.29 bits per heavy atom. The lowest BCUT2D eigenvalue weighted by Crippen LogP contribution is -2.36. The Hall–Kier alpha value is -0.580. The average Bonchev–Trinajstić information content (AvgIpc) is 2.74. The van der Waals surface area contributed by atoms with E-state index in [4.69, 9.17) is 0 Å². The number of carbonyl (C=O) groups is 1. The van der Waals surface area contributed by atoms with E-state index in [1.807, 2.05) is 25.1 Å². The molecule has 94 valence electrons. The minimum Gasteiger partial charge on any atom is -0.348 e. The molecule has 2 rings (SSSR count). The molecule has 1 aliphatic rings. The van der Waals surface area contributed by atoms with Gasteiger partial charge in [0.05, 0.1) is 0 Å². The quantitative estimate of drug-likeness (QED) is 0.878. The summed E-state index contributed by atoms with van der Waals surface area (Å²) in [5.41, 5.74) is 1.76. The minimum absolute atomic E-state index is 0. The van der Waals surface area contributed by atoms with Gasteiger partial charge < -0.3 is 10.6 Å².